The number of carbonyl (C=O) groups is 3. The fourth-order valence-electron chi connectivity index (χ4n) is 4.49. The van der Waals surface area contributed by atoms with Crippen LogP contribution in [0.15, 0.2) is 89.5 Å². The zero-order chi connectivity index (χ0) is 30.5. The number of ketones is 1. The summed E-state index contributed by atoms with van der Waals surface area (Å²) >= 11 is 6.24. The molecule has 2 heterocycles. The number of aromatic nitrogens is 2. The summed E-state index contributed by atoms with van der Waals surface area (Å²) < 4.78 is 34.7. The molecule has 2 N–H and O–H groups in total. The zero-order valence-electron chi connectivity index (χ0n) is 22.8. The van der Waals surface area contributed by atoms with Gasteiger partial charge in [-0.3, -0.25) is 19.4 Å². The van der Waals surface area contributed by atoms with Crippen LogP contribution >= 0.6 is 11.6 Å². The third kappa shape index (κ3) is 6.60. The quantitative estimate of drug-likeness (QED) is 0.191. The molecule has 218 valence electrons. The van der Waals surface area contributed by atoms with Gasteiger partial charge in [0.1, 0.15) is 23.2 Å². The van der Waals surface area contributed by atoms with E-state index in [1.165, 1.54) is 18.3 Å². The van der Waals surface area contributed by atoms with Crippen molar-refractivity contribution in [2.24, 2.45) is 0 Å². The van der Waals surface area contributed by atoms with Crippen LogP contribution in [0.3, 0.4) is 0 Å². The number of fused-ring (bicyclic) bond motifs is 1. The van der Waals surface area contributed by atoms with E-state index in [4.69, 9.17) is 16.0 Å². The number of benzene rings is 3. The first-order valence-corrected chi connectivity index (χ1v) is 13.8. The van der Waals surface area contributed by atoms with E-state index in [-0.39, 0.29) is 17.9 Å². The lowest BCUT2D eigenvalue weighted by atomic mass is 10.0. The molecule has 0 saturated heterocycles. The van der Waals surface area contributed by atoms with Crippen LogP contribution in [0.1, 0.15) is 40.0 Å². The number of nitrogens with one attached hydrogen (secondary N) is 2. The second-order valence-corrected chi connectivity index (χ2v) is 10.1. The number of amides is 2. The maximum atomic E-state index is 14.6. The molecule has 3 aromatic carbocycles. The molecule has 5 aromatic rings. The van der Waals surface area contributed by atoms with Crippen molar-refractivity contribution < 1.29 is 27.6 Å². The standard InChI is InChI=1S/C32H25ClF2N4O4/c1-2-24(29(40)32-39-26-12-5-6-13-28(26)43-32)37-31(42)27(16-20-22(34)10-7-11-23(20)35)38-30(41)18-14-15-25(36-17-18)19-8-3-4-9-21(19)33/h3-15,17,24,27H,2,16H2,1H3,(H,37,42)(H,38,41). The van der Waals surface area contributed by atoms with Gasteiger partial charge in [-0.25, -0.2) is 13.8 Å². The maximum Gasteiger partial charge on any atom is 0.266 e. The van der Waals surface area contributed by atoms with Crippen molar-refractivity contribution in [2.75, 3.05) is 0 Å². The fourth-order valence-corrected chi connectivity index (χ4v) is 4.72. The molecule has 0 spiro atoms. The van der Waals surface area contributed by atoms with Crippen molar-refractivity contribution in [1.82, 2.24) is 20.6 Å². The van der Waals surface area contributed by atoms with Crippen LogP contribution in [0.4, 0.5) is 8.78 Å². The topological polar surface area (TPSA) is 114 Å². The van der Waals surface area contributed by atoms with Gasteiger partial charge in [-0.1, -0.05) is 54.9 Å². The lowest BCUT2D eigenvalue weighted by Crippen LogP contribution is -2.52. The highest BCUT2D eigenvalue weighted by atomic mass is 35.5. The average Bonchev–Trinajstić information content (AvgIpc) is 3.45. The van der Waals surface area contributed by atoms with Crippen molar-refractivity contribution in [3.8, 4) is 11.3 Å². The zero-order valence-corrected chi connectivity index (χ0v) is 23.6. The summed E-state index contributed by atoms with van der Waals surface area (Å²) in [6.07, 6.45) is 0.943. The first-order chi connectivity index (χ1) is 20.7. The minimum Gasteiger partial charge on any atom is -0.434 e. The van der Waals surface area contributed by atoms with Gasteiger partial charge in [0.05, 0.1) is 17.3 Å². The van der Waals surface area contributed by atoms with Crippen molar-refractivity contribution in [1.29, 1.82) is 0 Å². The number of nitrogens with zero attached hydrogens (tertiary/aromatic N) is 2. The molecule has 0 saturated carbocycles. The van der Waals surface area contributed by atoms with Gasteiger partial charge < -0.3 is 15.1 Å². The smallest absolute Gasteiger partial charge is 0.266 e. The lowest BCUT2D eigenvalue weighted by Gasteiger charge is -2.22. The molecule has 2 aromatic heterocycles. The summed E-state index contributed by atoms with van der Waals surface area (Å²) in [6, 6.07) is 17.7. The Morgan fingerprint density at radius 1 is 0.884 bits per heavy atom. The highest BCUT2D eigenvalue weighted by Crippen LogP contribution is 2.26. The van der Waals surface area contributed by atoms with Crippen molar-refractivity contribution in [3.05, 3.63) is 119 Å². The van der Waals surface area contributed by atoms with Gasteiger partial charge in [0.25, 0.3) is 11.8 Å². The number of hydrogen-bond donors (Lipinski definition) is 2. The molecule has 0 aliphatic carbocycles. The van der Waals surface area contributed by atoms with Crippen LogP contribution < -0.4 is 10.6 Å². The van der Waals surface area contributed by atoms with Crippen LogP contribution in [0.25, 0.3) is 22.4 Å². The maximum absolute atomic E-state index is 14.6. The summed E-state index contributed by atoms with van der Waals surface area (Å²) in [5, 5.41) is 5.60. The molecule has 2 unspecified atom stereocenters. The Balaban J connectivity index is 1.38. The Kier molecular flexibility index (Phi) is 8.87. The molecule has 0 fully saturated rings. The van der Waals surface area contributed by atoms with Crippen molar-refractivity contribution in [2.45, 2.75) is 31.8 Å². The van der Waals surface area contributed by atoms with Gasteiger partial charge in [-0.2, -0.15) is 0 Å². The van der Waals surface area contributed by atoms with Crippen molar-refractivity contribution in [3.63, 3.8) is 0 Å². The normalized spacial score (nSPS) is 12.5. The molecule has 0 aliphatic rings. The first-order valence-electron chi connectivity index (χ1n) is 13.4. The minimum atomic E-state index is -1.45. The van der Waals surface area contributed by atoms with Crippen LogP contribution in [0, 0.1) is 11.6 Å². The average molecular weight is 603 g/mol. The summed E-state index contributed by atoms with van der Waals surface area (Å²) in [4.78, 5) is 48.4. The molecule has 5 rings (SSSR count). The highest BCUT2D eigenvalue weighted by Gasteiger charge is 2.30. The number of Topliss-reactive ketones (excluding diaryl/α,β-unsaturated/α-hetero) is 1. The summed E-state index contributed by atoms with van der Waals surface area (Å²) in [5.74, 6) is -4.09. The molecule has 11 heteroatoms. The van der Waals surface area contributed by atoms with Crippen LogP contribution in [0.2, 0.25) is 5.02 Å². The van der Waals surface area contributed by atoms with E-state index in [1.54, 1.807) is 61.5 Å². The molecule has 43 heavy (non-hydrogen) atoms. The van der Waals surface area contributed by atoms with E-state index < -0.39 is 53.3 Å². The lowest BCUT2D eigenvalue weighted by molar-refractivity contribution is -0.123. The SMILES string of the molecule is CCC(NC(=O)C(Cc1c(F)cccc1F)NC(=O)c1ccc(-c2ccccc2Cl)nc1)C(=O)c1nc2ccccc2o1. The van der Waals surface area contributed by atoms with E-state index in [9.17, 15) is 23.2 Å². The van der Waals surface area contributed by atoms with Crippen LogP contribution in [-0.4, -0.2) is 39.6 Å². The number of oxazole rings is 1. The molecule has 0 radical (unpaired) electrons. The number of halogens is 3. The predicted molar refractivity (Wildman–Crippen MR) is 157 cm³/mol. The molecule has 8 nitrogen and oxygen atoms in total. The van der Waals surface area contributed by atoms with Gasteiger partial charge in [0.15, 0.2) is 5.58 Å². The van der Waals surface area contributed by atoms with E-state index >= 15 is 0 Å². The second-order valence-electron chi connectivity index (χ2n) is 9.66. The number of rotatable bonds is 10. The number of carbonyl (C=O) groups excluding carboxylic acids is 3. The van der Waals surface area contributed by atoms with Crippen LogP contribution in [0.5, 0.6) is 0 Å². The molecule has 0 aliphatic heterocycles. The van der Waals surface area contributed by atoms with E-state index in [0.29, 0.717) is 27.4 Å². The highest BCUT2D eigenvalue weighted by molar-refractivity contribution is 6.33. The third-order valence-corrected chi connectivity index (χ3v) is 7.14. The van der Waals surface area contributed by atoms with E-state index in [0.717, 1.165) is 12.1 Å². The first kappa shape index (κ1) is 29.5. The Morgan fingerprint density at radius 3 is 2.28 bits per heavy atom. The fraction of sp³-hybridized carbons (Fsp3) is 0.156. The molecule has 2 amide bonds. The Bertz CT molecular complexity index is 1760. The van der Waals surface area contributed by atoms with Gasteiger partial charge in [-0.15, -0.1) is 0 Å². The minimum absolute atomic E-state index is 0.0946. The number of hydrogen-bond acceptors (Lipinski definition) is 6. The summed E-state index contributed by atoms with van der Waals surface area (Å²) in [6.45, 7) is 1.67. The molecule has 0 bridgehead atoms. The van der Waals surface area contributed by atoms with Gasteiger partial charge in [-0.05, 0) is 48.9 Å². The van der Waals surface area contributed by atoms with Crippen LogP contribution in [-0.2, 0) is 11.2 Å². The second kappa shape index (κ2) is 12.9. The third-order valence-electron chi connectivity index (χ3n) is 6.81. The Morgan fingerprint density at radius 2 is 1.60 bits per heavy atom. The Labute approximate surface area is 250 Å². The van der Waals surface area contributed by atoms with Gasteiger partial charge >= 0.3 is 0 Å². The van der Waals surface area contributed by atoms with Crippen molar-refractivity contribution >= 4 is 40.3 Å². The molecular formula is C32H25ClF2N4O4. The van der Waals surface area contributed by atoms with E-state index in [1.807, 2.05) is 0 Å². The molecular weight excluding hydrogens is 578 g/mol. The summed E-state index contributed by atoms with van der Waals surface area (Å²) in [5.41, 5.74) is 1.76. The van der Waals surface area contributed by atoms with Gasteiger partial charge in [0, 0.05) is 28.8 Å². The predicted octanol–water partition coefficient (Wildman–Crippen LogP) is 5.94. The van der Waals surface area contributed by atoms with Gasteiger partial charge in [0.2, 0.25) is 11.7 Å². The van der Waals surface area contributed by atoms with E-state index in [2.05, 4.69) is 20.6 Å². The molecule has 2 atom stereocenters. The largest absolute Gasteiger partial charge is 0.434 e. The monoisotopic (exact) mass is 602 g/mol. The number of para-hydroxylation sites is 2. The summed E-state index contributed by atoms with van der Waals surface area (Å²) in [7, 11) is 0. The number of pyridine rings is 1. The Hall–Kier alpha value is -4.96.